The van der Waals surface area contributed by atoms with E-state index < -0.39 is 0 Å². The normalized spacial score (nSPS) is 26.6. The number of hydrogen-bond donors (Lipinski definition) is 2. The summed E-state index contributed by atoms with van der Waals surface area (Å²) in [5, 5.41) is 6.63. The Kier molecular flexibility index (Phi) is 3.26. The average Bonchev–Trinajstić information content (AvgIpc) is 3.04. The van der Waals surface area contributed by atoms with Gasteiger partial charge in [-0.2, -0.15) is 0 Å². The van der Waals surface area contributed by atoms with Crippen LogP contribution in [0.15, 0.2) is 24.3 Å². The molecule has 1 aromatic rings. The Labute approximate surface area is 126 Å². The Morgan fingerprint density at radius 3 is 2.52 bits per heavy atom. The van der Waals surface area contributed by atoms with Crippen molar-refractivity contribution in [2.45, 2.75) is 32.1 Å². The van der Waals surface area contributed by atoms with Crippen molar-refractivity contribution in [2.24, 2.45) is 17.3 Å². The molecule has 3 nitrogen and oxygen atoms in total. The fraction of sp³-hybridized carbons (Fsp3) is 0.611. The number of fused-ring (bicyclic) bond motifs is 1. The Morgan fingerprint density at radius 1 is 1.19 bits per heavy atom. The molecule has 2 fully saturated rings. The second-order valence-corrected chi connectivity index (χ2v) is 7.16. The fourth-order valence-corrected chi connectivity index (χ4v) is 4.36. The Morgan fingerprint density at radius 2 is 1.86 bits per heavy atom. The van der Waals surface area contributed by atoms with E-state index in [0.717, 1.165) is 38.9 Å². The Balaban J connectivity index is 1.28. The zero-order valence-corrected chi connectivity index (χ0v) is 12.5. The Hall–Kier alpha value is -1.35. The van der Waals surface area contributed by atoms with Gasteiger partial charge >= 0.3 is 0 Å². The quantitative estimate of drug-likeness (QED) is 0.890. The van der Waals surface area contributed by atoms with E-state index in [1.54, 1.807) is 0 Å². The second kappa shape index (κ2) is 5.13. The Bertz CT molecular complexity index is 523. The van der Waals surface area contributed by atoms with Gasteiger partial charge in [-0.05, 0) is 67.7 Å². The van der Waals surface area contributed by atoms with Gasteiger partial charge in [0.25, 0.3) is 0 Å². The number of rotatable bonds is 3. The van der Waals surface area contributed by atoms with Gasteiger partial charge in [-0.25, -0.2) is 0 Å². The van der Waals surface area contributed by atoms with Crippen molar-refractivity contribution >= 4 is 5.91 Å². The monoisotopic (exact) mass is 284 g/mol. The van der Waals surface area contributed by atoms with Crippen LogP contribution in [0.25, 0.3) is 0 Å². The van der Waals surface area contributed by atoms with Crippen LogP contribution >= 0.6 is 0 Å². The molecular weight excluding hydrogens is 260 g/mol. The van der Waals surface area contributed by atoms with Crippen molar-refractivity contribution in [3.8, 4) is 0 Å². The maximum Gasteiger partial charge on any atom is 0.223 e. The summed E-state index contributed by atoms with van der Waals surface area (Å²) in [5.41, 5.74) is 3.30. The van der Waals surface area contributed by atoms with Gasteiger partial charge in [-0.3, -0.25) is 4.79 Å². The van der Waals surface area contributed by atoms with Gasteiger partial charge in [-0.15, -0.1) is 0 Å². The number of amides is 1. The van der Waals surface area contributed by atoms with Crippen LogP contribution < -0.4 is 10.6 Å². The summed E-state index contributed by atoms with van der Waals surface area (Å²) in [6.45, 7) is 3.02. The van der Waals surface area contributed by atoms with Gasteiger partial charge < -0.3 is 10.6 Å². The molecule has 1 heterocycles. The molecular formula is C18H24N2O. The van der Waals surface area contributed by atoms with Gasteiger partial charge in [0.1, 0.15) is 0 Å². The summed E-state index contributed by atoms with van der Waals surface area (Å²) in [4.78, 5) is 12.4. The molecule has 1 spiro atoms. The van der Waals surface area contributed by atoms with Crippen molar-refractivity contribution in [2.75, 3.05) is 19.6 Å². The van der Waals surface area contributed by atoms with Crippen molar-refractivity contribution in [3.63, 3.8) is 0 Å². The molecule has 1 saturated carbocycles. The third-order valence-electron chi connectivity index (χ3n) is 5.81. The smallest absolute Gasteiger partial charge is 0.223 e. The predicted octanol–water partition coefficient (Wildman–Crippen LogP) is 1.91. The molecule has 1 unspecified atom stereocenters. The van der Waals surface area contributed by atoms with Crippen molar-refractivity contribution in [1.82, 2.24) is 10.6 Å². The molecule has 1 atom stereocenters. The zero-order chi connectivity index (χ0) is 14.3. The fourth-order valence-electron chi connectivity index (χ4n) is 4.36. The van der Waals surface area contributed by atoms with Crippen LogP contribution in [-0.4, -0.2) is 25.5 Å². The standard InChI is InChI=1S/C18H24N2O/c21-17(16-11-18(16)5-7-19-8-6-18)20-12-13-9-14-3-1-2-4-15(14)10-13/h1-4,13,16,19H,5-12H2,(H,20,21). The molecule has 1 saturated heterocycles. The second-order valence-electron chi connectivity index (χ2n) is 7.16. The lowest BCUT2D eigenvalue weighted by Crippen LogP contribution is -2.35. The molecule has 2 aliphatic carbocycles. The first kappa shape index (κ1) is 13.3. The SMILES string of the molecule is O=C(NCC1Cc2ccccc2C1)C1CC12CCNCC2. The predicted molar refractivity (Wildman–Crippen MR) is 83.0 cm³/mol. The molecule has 3 aliphatic rings. The minimum atomic E-state index is 0.295. The molecule has 21 heavy (non-hydrogen) atoms. The molecule has 4 rings (SSSR count). The van der Waals surface area contributed by atoms with Crippen LogP contribution in [0.1, 0.15) is 30.4 Å². The minimum absolute atomic E-state index is 0.295. The van der Waals surface area contributed by atoms with E-state index in [9.17, 15) is 4.79 Å². The van der Waals surface area contributed by atoms with E-state index in [4.69, 9.17) is 0 Å². The summed E-state index contributed by atoms with van der Waals surface area (Å²) in [7, 11) is 0. The van der Waals surface area contributed by atoms with Crippen LogP contribution in [0.2, 0.25) is 0 Å². The first-order valence-electron chi connectivity index (χ1n) is 8.32. The minimum Gasteiger partial charge on any atom is -0.356 e. The lowest BCUT2D eigenvalue weighted by Gasteiger charge is -2.23. The third-order valence-corrected chi connectivity index (χ3v) is 5.81. The molecule has 2 N–H and O–H groups in total. The highest BCUT2D eigenvalue weighted by Gasteiger charge is 2.57. The molecule has 0 aromatic heterocycles. The van der Waals surface area contributed by atoms with E-state index in [0.29, 0.717) is 23.2 Å². The number of carbonyl (C=O) groups excluding carboxylic acids is 1. The summed E-state index contributed by atoms with van der Waals surface area (Å²) >= 11 is 0. The number of piperidine rings is 1. The molecule has 1 aliphatic heterocycles. The maximum absolute atomic E-state index is 12.4. The van der Waals surface area contributed by atoms with Crippen molar-refractivity contribution < 1.29 is 4.79 Å². The summed E-state index contributed by atoms with van der Waals surface area (Å²) in [6, 6.07) is 8.68. The zero-order valence-electron chi connectivity index (χ0n) is 12.5. The van der Waals surface area contributed by atoms with Gasteiger partial charge in [0.15, 0.2) is 0 Å². The van der Waals surface area contributed by atoms with Gasteiger partial charge in [0, 0.05) is 12.5 Å². The first-order valence-corrected chi connectivity index (χ1v) is 8.32. The number of benzene rings is 1. The van der Waals surface area contributed by atoms with Crippen LogP contribution in [0.5, 0.6) is 0 Å². The third kappa shape index (κ3) is 2.48. The summed E-state index contributed by atoms with van der Waals surface area (Å²) < 4.78 is 0. The molecule has 1 amide bonds. The van der Waals surface area contributed by atoms with E-state index in [1.165, 1.54) is 24.0 Å². The maximum atomic E-state index is 12.4. The van der Waals surface area contributed by atoms with Crippen LogP contribution in [0.3, 0.4) is 0 Å². The van der Waals surface area contributed by atoms with Crippen molar-refractivity contribution in [1.29, 1.82) is 0 Å². The molecule has 3 heteroatoms. The molecule has 0 bridgehead atoms. The molecule has 0 radical (unpaired) electrons. The van der Waals surface area contributed by atoms with Gasteiger partial charge in [0.2, 0.25) is 5.91 Å². The highest BCUT2D eigenvalue weighted by atomic mass is 16.2. The van der Waals surface area contributed by atoms with Crippen LogP contribution in [0.4, 0.5) is 0 Å². The largest absolute Gasteiger partial charge is 0.356 e. The average molecular weight is 284 g/mol. The topological polar surface area (TPSA) is 41.1 Å². The number of nitrogens with one attached hydrogen (secondary N) is 2. The summed E-state index contributed by atoms with van der Waals surface area (Å²) in [5.74, 6) is 1.20. The van der Waals surface area contributed by atoms with Gasteiger partial charge in [0.05, 0.1) is 0 Å². The van der Waals surface area contributed by atoms with E-state index in [1.807, 2.05) is 0 Å². The highest BCUT2D eigenvalue weighted by molar-refractivity contribution is 5.82. The summed E-state index contributed by atoms with van der Waals surface area (Å²) in [6.07, 6.45) is 5.72. The van der Waals surface area contributed by atoms with E-state index in [2.05, 4.69) is 34.9 Å². The van der Waals surface area contributed by atoms with E-state index in [-0.39, 0.29) is 0 Å². The van der Waals surface area contributed by atoms with E-state index >= 15 is 0 Å². The van der Waals surface area contributed by atoms with Crippen LogP contribution in [0, 0.1) is 17.3 Å². The number of carbonyl (C=O) groups is 1. The molecule has 1 aromatic carbocycles. The lowest BCUT2D eigenvalue weighted by molar-refractivity contribution is -0.123. The lowest BCUT2D eigenvalue weighted by atomic mass is 9.91. The highest BCUT2D eigenvalue weighted by Crippen LogP contribution is 2.58. The van der Waals surface area contributed by atoms with Gasteiger partial charge in [-0.1, -0.05) is 24.3 Å². The first-order chi connectivity index (χ1) is 10.3. The van der Waals surface area contributed by atoms with Crippen molar-refractivity contribution in [3.05, 3.63) is 35.4 Å². The van der Waals surface area contributed by atoms with Crippen LogP contribution in [-0.2, 0) is 17.6 Å². The number of hydrogen-bond acceptors (Lipinski definition) is 2. The molecule has 112 valence electrons.